The summed E-state index contributed by atoms with van der Waals surface area (Å²) in [5.74, 6) is -0.567. The van der Waals surface area contributed by atoms with Crippen molar-refractivity contribution in [2.24, 2.45) is 0 Å². The van der Waals surface area contributed by atoms with E-state index in [2.05, 4.69) is 11.9 Å². The van der Waals surface area contributed by atoms with Gasteiger partial charge in [-0.05, 0) is 18.2 Å². The zero-order valence-electron chi connectivity index (χ0n) is 12.9. The molecule has 6 heteroatoms. The Bertz CT molecular complexity index is 737. The van der Waals surface area contributed by atoms with Gasteiger partial charge in [0.2, 0.25) is 5.91 Å². The molecule has 0 aliphatic heterocycles. The van der Waals surface area contributed by atoms with Gasteiger partial charge in [0.25, 0.3) is 0 Å². The predicted octanol–water partition coefficient (Wildman–Crippen LogP) is 4.76. The van der Waals surface area contributed by atoms with Crippen LogP contribution in [0.15, 0.2) is 55.1 Å². The van der Waals surface area contributed by atoms with E-state index in [1.165, 1.54) is 6.07 Å². The molecule has 0 saturated heterocycles. The Balaban J connectivity index is 2.04. The highest BCUT2D eigenvalue weighted by molar-refractivity contribution is 6.43. The van der Waals surface area contributed by atoms with Crippen molar-refractivity contribution in [3.63, 3.8) is 0 Å². The highest BCUT2D eigenvalue weighted by Gasteiger charge is 2.14. The zero-order chi connectivity index (χ0) is 17.5. The van der Waals surface area contributed by atoms with Crippen LogP contribution >= 0.6 is 23.2 Å². The van der Waals surface area contributed by atoms with Gasteiger partial charge in [-0.25, -0.2) is 4.39 Å². The fourth-order valence-electron chi connectivity index (χ4n) is 2.23. The molecule has 0 fully saturated rings. The fourth-order valence-corrected chi connectivity index (χ4v) is 2.58. The maximum Gasteiger partial charge on any atom is 0.238 e. The van der Waals surface area contributed by atoms with Crippen LogP contribution in [0.25, 0.3) is 0 Å². The number of halogens is 3. The van der Waals surface area contributed by atoms with Crippen LogP contribution < -0.4 is 5.32 Å². The second-order valence-electron chi connectivity index (χ2n) is 5.20. The number of nitrogens with one attached hydrogen (secondary N) is 1. The van der Waals surface area contributed by atoms with E-state index in [9.17, 15) is 9.18 Å². The average Bonchev–Trinajstić information content (AvgIpc) is 2.54. The lowest BCUT2D eigenvalue weighted by molar-refractivity contribution is -0.117. The Morgan fingerprint density at radius 2 is 1.96 bits per heavy atom. The van der Waals surface area contributed by atoms with E-state index in [0.717, 1.165) is 0 Å². The van der Waals surface area contributed by atoms with Crippen molar-refractivity contribution in [3.05, 3.63) is 76.5 Å². The first kappa shape index (κ1) is 18.5. The molecule has 2 aromatic carbocycles. The fraction of sp³-hybridized carbons (Fsp3) is 0.167. The molecular formula is C18H17Cl2FN2O. The number of benzene rings is 2. The first-order valence-corrected chi connectivity index (χ1v) is 8.07. The summed E-state index contributed by atoms with van der Waals surface area (Å²) in [5, 5.41) is 3.37. The maximum absolute atomic E-state index is 13.8. The van der Waals surface area contributed by atoms with E-state index in [0.29, 0.717) is 29.4 Å². The van der Waals surface area contributed by atoms with Crippen molar-refractivity contribution in [2.45, 2.75) is 6.54 Å². The van der Waals surface area contributed by atoms with Gasteiger partial charge in [0.15, 0.2) is 0 Å². The molecule has 0 heterocycles. The van der Waals surface area contributed by atoms with Crippen molar-refractivity contribution >= 4 is 34.8 Å². The number of carbonyl (C=O) groups excluding carboxylic acids is 1. The molecule has 0 aliphatic rings. The minimum Gasteiger partial charge on any atom is -0.324 e. The molecule has 0 saturated carbocycles. The van der Waals surface area contributed by atoms with Crippen molar-refractivity contribution in [1.29, 1.82) is 0 Å². The lowest BCUT2D eigenvalue weighted by Gasteiger charge is -2.20. The van der Waals surface area contributed by atoms with Crippen LogP contribution in [0.5, 0.6) is 0 Å². The second kappa shape index (κ2) is 8.83. The third-order valence-electron chi connectivity index (χ3n) is 3.33. The molecule has 0 unspecified atom stereocenters. The summed E-state index contributed by atoms with van der Waals surface area (Å²) in [5.41, 5.74) is 0.964. The highest BCUT2D eigenvalue weighted by Crippen LogP contribution is 2.29. The van der Waals surface area contributed by atoms with Gasteiger partial charge in [-0.1, -0.05) is 53.5 Å². The molecule has 1 N–H and O–H groups in total. The van der Waals surface area contributed by atoms with E-state index in [1.54, 1.807) is 47.4 Å². The van der Waals surface area contributed by atoms with Gasteiger partial charge in [-0.2, -0.15) is 0 Å². The minimum atomic E-state index is -0.301. The van der Waals surface area contributed by atoms with Gasteiger partial charge in [0.05, 0.1) is 22.3 Å². The minimum absolute atomic E-state index is 0.0726. The standard InChI is InChI=1S/C18H17Cl2FN2O/c1-2-10-23(11-13-6-3-4-8-15(13)21)12-17(24)22-16-9-5-7-14(19)18(16)20/h2-9H,1,10-12H2,(H,22,24). The predicted molar refractivity (Wildman–Crippen MR) is 97.0 cm³/mol. The maximum atomic E-state index is 13.8. The molecular weight excluding hydrogens is 350 g/mol. The van der Waals surface area contributed by atoms with Crippen molar-refractivity contribution in [1.82, 2.24) is 4.90 Å². The van der Waals surface area contributed by atoms with Crippen molar-refractivity contribution < 1.29 is 9.18 Å². The van der Waals surface area contributed by atoms with Crippen LogP contribution in [-0.2, 0) is 11.3 Å². The van der Waals surface area contributed by atoms with Crippen molar-refractivity contribution in [3.8, 4) is 0 Å². The average molecular weight is 367 g/mol. The third kappa shape index (κ3) is 5.06. The summed E-state index contributed by atoms with van der Waals surface area (Å²) < 4.78 is 13.8. The van der Waals surface area contributed by atoms with Crippen molar-refractivity contribution in [2.75, 3.05) is 18.4 Å². The van der Waals surface area contributed by atoms with Crippen LogP contribution in [0.1, 0.15) is 5.56 Å². The number of amides is 1. The number of hydrogen-bond donors (Lipinski definition) is 1. The lowest BCUT2D eigenvalue weighted by Crippen LogP contribution is -2.33. The van der Waals surface area contributed by atoms with Crippen LogP contribution in [0.4, 0.5) is 10.1 Å². The summed E-state index contributed by atoms with van der Waals surface area (Å²) in [6.07, 6.45) is 1.67. The van der Waals surface area contributed by atoms with E-state index in [4.69, 9.17) is 23.2 Å². The molecule has 3 nitrogen and oxygen atoms in total. The van der Waals surface area contributed by atoms with E-state index in [-0.39, 0.29) is 23.3 Å². The molecule has 126 valence electrons. The number of nitrogens with zero attached hydrogens (tertiary/aromatic N) is 1. The molecule has 0 radical (unpaired) electrons. The summed E-state index contributed by atoms with van der Waals surface area (Å²) in [6, 6.07) is 11.5. The summed E-state index contributed by atoms with van der Waals surface area (Å²) >= 11 is 12.0. The monoisotopic (exact) mass is 366 g/mol. The Morgan fingerprint density at radius 1 is 1.21 bits per heavy atom. The van der Waals surface area contributed by atoms with Crippen LogP contribution in [-0.4, -0.2) is 23.9 Å². The van der Waals surface area contributed by atoms with Crippen LogP contribution in [0.2, 0.25) is 10.0 Å². The summed E-state index contributed by atoms with van der Waals surface area (Å²) in [6.45, 7) is 4.50. The first-order chi connectivity index (χ1) is 11.5. The molecule has 0 aliphatic carbocycles. The molecule has 1 amide bonds. The Hall–Kier alpha value is -1.88. The van der Waals surface area contributed by atoms with Gasteiger partial charge >= 0.3 is 0 Å². The topological polar surface area (TPSA) is 32.3 Å². The Morgan fingerprint density at radius 3 is 2.67 bits per heavy atom. The van der Waals surface area contributed by atoms with E-state index < -0.39 is 0 Å². The molecule has 2 rings (SSSR count). The van der Waals surface area contributed by atoms with Crippen LogP contribution in [0.3, 0.4) is 0 Å². The molecule has 0 aromatic heterocycles. The molecule has 0 bridgehead atoms. The zero-order valence-corrected chi connectivity index (χ0v) is 14.4. The lowest BCUT2D eigenvalue weighted by atomic mass is 10.2. The van der Waals surface area contributed by atoms with Gasteiger partial charge in [-0.3, -0.25) is 9.69 Å². The van der Waals surface area contributed by atoms with E-state index in [1.807, 2.05) is 0 Å². The largest absolute Gasteiger partial charge is 0.324 e. The van der Waals surface area contributed by atoms with Gasteiger partial charge < -0.3 is 5.32 Å². The first-order valence-electron chi connectivity index (χ1n) is 7.31. The summed E-state index contributed by atoms with van der Waals surface area (Å²) in [4.78, 5) is 14.0. The Labute approximate surface area is 150 Å². The molecule has 0 spiro atoms. The molecule has 0 atom stereocenters. The number of anilines is 1. The second-order valence-corrected chi connectivity index (χ2v) is 5.98. The number of rotatable bonds is 7. The SMILES string of the molecule is C=CCN(CC(=O)Nc1cccc(Cl)c1Cl)Cc1ccccc1F. The Kier molecular flexibility index (Phi) is 6.79. The third-order valence-corrected chi connectivity index (χ3v) is 4.15. The number of hydrogen-bond acceptors (Lipinski definition) is 2. The normalized spacial score (nSPS) is 10.7. The summed E-state index contributed by atoms with van der Waals surface area (Å²) in [7, 11) is 0. The molecule has 24 heavy (non-hydrogen) atoms. The van der Waals surface area contributed by atoms with Gasteiger partial charge in [0, 0.05) is 18.7 Å². The highest BCUT2D eigenvalue weighted by atomic mass is 35.5. The van der Waals surface area contributed by atoms with Crippen LogP contribution in [0, 0.1) is 5.82 Å². The van der Waals surface area contributed by atoms with Gasteiger partial charge in [0.1, 0.15) is 5.82 Å². The number of carbonyl (C=O) groups is 1. The van der Waals surface area contributed by atoms with Gasteiger partial charge in [-0.15, -0.1) is 6.58 Å². The quantitative estimate of drug-likeness (QED) is 0.716. The molecule has 2 aromatic rings. The van der Waals surface area contributed by atoms with E-state index >= 15 is 0 Å². The smallest absolute Gasteiger partial charge is 0.238 e.